The van der Waals surface area contributed by atoms with Crippen molar-refractivity contribution in [2.45, 2.75) is 101 Å². The van der Waals surface area contributed by atoms with Crippen LogP contribution in [0.3, 0.4) is 0 Å². The topological polar surface area (TPSA) is 71.1 Å². The zero-order valence-corrected chi connectivity index (χ0v) is 18.7. The number of hydrogen-bond donors (Lipinski definition) is 0. The number of rotatable bonds is 2. The van der Waals surface area contributed by atoms with E-state index in [0.29, 0.717) is 0 Å². The minimum absolute atomic E-state index is 0.184. The van der Waals surface area contributed by atoms with E-state index < -0.39 is 34.6 Å². The zero-order chi connectivity index (χ0) is 21.9. The van der Waals surface area contributed by atoms with Gasteiger partial charge in [0.1, 0.15) is 12.2 Å². The summed E-state index contributed by atoms with van der Waals surface area (Å²) in [6, 6.07) is 7.97. The van der Waals surface area contributed by atoms with Crippen molar-refractivity contribution < 1.29 is 28.5 Å². The van der Waals surface area contributed by atoms with Crippen molar-refractivity contribution in [1.29, 1.82) is 0 Å². The monoisotopic (exact) mass is 438 g/mol. The van der Waals surface area contributed by atoms with Gasteiger partial charge in [-0.05, 0) is 50.7 Å². The van der Waals surface area contributed by atoms with Crippen molar-refractivity contribution in [3.05, 3.63) is 35.4 Å². The molecule has 1 aromatic rings. The lowest BCUT2D eigenvalue weighted by atomic mass is 9.66. The molecule has 0 radical (unpaired) electrons. The summed E-state index contributed by atoms with van der Waals surface area (Å²) in [7, 11) is 0. The van der Waals surface area contributed by atoms with Gasteiger partial charge in [-0.2, -0.15) is 0 Å². The average Bonchev–Trinajstić information content (AvgIpc) is 3.49. The van der Waals surface area contributed by atoms with Crippen molar-refractivity contribution in [2.75, 3.05) is 0 Å². The van der Waals surface area contributed by atoms with Crippen LogP contribution in [0.2, 0.25) is 0 Å². The SMILES string of the molecule is C[C@@]12CCCC[C@@]13O[C@H](c1ccc([C@H]4O[C@]56CCCC[C@@]5(C)C(=O)[C@@H]4O6)cc1)[C@@H](O3)C2=O. The molecule has 6 nitrogen and oxygen atoms in total. The van der Waals surface area contributed by atoms with Crippen LogP contribution in [0.1, 0.15) is 88.5 Å². The molecular weight excluding hydrogens is 408 g/mol. The molecule has 2 spiro atoms. The van der Waals surface area contributed by atoms with Crippen LogP contribution in [0.25, 0.3) is 0 Å². The minimum atomic E-state index is -0.769. The van der Waals surface area contributed by atoms with Gasteiger partial charge in [0, 0.05) is 12.8 Å². The first-order chi connectivity index (χ1) is 15.3. The van der Waals surface area contributed by atoms with Crippen LogP contribution in [0.15, 0.2) is 24.3 Å². The van der Waals surface area contributed by atoms with Crippen LogP contribution in [-0.4, -0.2) is 35.3 Å². The summed E-state index contributed by atoms with van der Waals surface area (Å²) in [5, 5.41) is 0. The van der Waals surface area contributed by atoms with Gasteiger partial charge in [0.25, 0.3) is 0 Å². The molecule has 0 aromatic heterocycles. The van der Waals surface area contributed by atoms with Crippen LogP contribution in [0, 0.1) is 10.8 Å². The Bertz CT molecular complexity index is 939. The van der Waals surface area contributed by atoms with Crippen molar-refractivity contribution in [3.63, 3.8) is 0 Å². The largest absolute Gasteiger partial charge is 0.338 e. The molecule has 4 aliphatic heterocycles. The normalized spacial score (nSPS) is 51.2. The number of carbonyl (C=O) groups excluding carboxylic acids is 2. The Morgan fingerprint density at radius 2 is 0.938 bits per heavy atom. The van der Waals surface area contributed by atoms with Crippen LogP contribution in [0.4, 0.5) is 0 Å². The molecular formula is C26H30O6. The molecule has 0 unspecified atom stereocenters. The van der Waals surface area contributed by atoms with Gasteiger partial charge >= 0.3 is 0 Å². The van der Waals surface area contributed by atoms with E-state index in [1.807, 2.05) is 38.1 Å². The van der Waals surface area contributed by atoms with Gasteiger partial charge in [0.15, 0.2) is 35.3 Å². The first-order valence-electron chi connectivity index (χ1n) is 12.2. The molecule has 6 fully saturated rings. The quantitative estimate of drug-likeness (QED) is 0.685. The van der Waals surface area contributed by atoms with Gasteiger partial charge in [-0.3, -0.25) is 9.59 Å². The van der Waals surface area contributed by atoms with E-state index >= 15 is 0 Å². The highest BCUT2D eigenvalue weighted by atomic mass is 16.8. The average molecular weight is 439 g/mol. The molecule has 32 heavy (non-hydrogen) atoms. The molecule has 4 heterocycles. The van der Waals surface area contributed by atoms with Crippen LogP contribution >= 0.6 is 0 Å². The summed E-state index contributed by atoms with van der Waals surface area (Å²) in [5.41, 5.74) is 0.834. The lowest BCUT2D eigenvalue weighted by Gasteiger charge is -2.45. The van der Waals surface area contributed by atoms with Gasteiger partial charge in [-0.25, -0.2) is 0 Å². The Morgan fingerprint density at radius 3 is 1.34 bits per heavy atom. The standard InChI is InChI=1S/C26H30O6/c1-23-11-3-5-13-25(23)29-17(19(31-25)21(23)27)15-7-9-16(10-8-15)18-20-22(28)24(2)12-4-6-14-26(24,30-18)32-20/h7-10,17-20H,3-6,11-14H2,1-2H3/t17-,18-,19-,20-,23+,24+,25+,26+/m1/s1. The third-order valence-electron chi connectivity index (χ3n) is 9.56. The second-order valence-corrected chi connectivity index (χ2v) is 11.1. The summed E-state index contributed by atoms with van der Waals surface area (Å²) in [6.07, 6.45) is 5.56. The number of ether oxygens (including phenoxy) is 4. The van der Waals surface area contributed by atoms with E-state index in [4.69, 9.17) is 18.9 Å². The molecule has 170 valence electrons. The Morgan fingerprint density at radius 1 is 0.594 bits per heavy atom. The Kier molecular flexibility index (Phi) is 3.77. The third kappa shape index (κ3) is 2.12. The Balaban J connectivity index is 1.15. The molecule has 7 rings (SSSR count). The molecule has 0 N–H and O–H groups in total. The summed E-state index contributed by atoms with van der Waals surface area (Å²) in [4.78, 5) is 26.4. The third-order valence-corrected chi connectivity index (χ3v) is 9.56. The Hall–Kier alpha value is -1.60. The second kappa shape index (κ2) is 6.09. The number of ketones is 2. The van der Waals surface area contributed by atoms with Gasteiger partial charge < -0.3 is 18.9 Å². The second-order valence-electron chi connectivity index (χ2n) is 11.1. The lowest BCUT2D eigenvalue weighted by molar-refractivity contribution is -0.235. The van der Waals surface area contributed by atoms with E-state index in [1.54, 1.807) is 0 Å². The van der Waals surface area contributed by atoms with E-state index in [9.17, 15) is 9.59 Å². The van der Waals surface area contributed by atoms with Gasteiger partial charge in [-0.15, -0.1) is 0 Å². The summed E-state index contributed by atoms with van der Waals surface area (Å²) in [5.74, 6) is -1.17. The van der Waals surface area contributed by atoms with Crippen molar-refractivity contribution in [1.82, 2.24) is 0 Å². The van der Waals surface area contributed by atoms with E-state index in [1.165, 1.54) is 0 Å². The maximum atomic E-state index is 13.2. The van der Waals surface area contributed by atoms with Crippen molar-refractivity contribution in [2.24, 2.45) is 10.8 Å². The first-order valence-corrected chi connectivity index (χ1v) is 12.2. The molecule has 6 heteroatoms. The van der Waals surface area contributed by atoms with Gasteiger partial charge in [-0.1, -0.05) is 37.1 Å². The number of hydrogen-bond acceptors (Lipinski definition) is 6. The molecule has 1 aromatic carbocycles. The van der Waals surface area contributed by atoms with E-state index in [0.717, 1.165) is 62.5 Å². The number of fused-ring (bicyclic) bond motifs is 2. The molecule has 0 amide bonds. The summed E-state index contributed by atoms with van der Waals surface area (Å²) >= 11 is 0. The fraction of sp³-hybridized carbons (Fsp3) is 0.692. The summed E-state index contributed by atoms with van der Waals surface area (Å²) in [6.45, 7) is 4.02. The molecule has 6 aliphatic rings. The lowest BCUT2D eigenvalue weighted by Crippen LogP contribution is -2.53. The zero-order valence-electron chi connectivity index (χ0n) is 18.7. The maximum Gasteiger partial charge on any atom is 0.182 e. The molecule has 4 saturated heterocycles. The highest BCUT2D eigenvalue weighted by Gasteiger charge is 2.73. The van der Waals surface area contributed by atoms with Gasteiger partial charge in [0.05, 0.1) is 10.8 Å². The molecule has 4 bridgehead atoms. The summed E-state index contributed by atoms with van der Waals surface area (Å²) < 4.78 is 25.4. The predicted molar refractivity (Wildman–Crippen MR) is 112 cm³/mol. The van der Waals surface area contributed by atoms with Crippen LogP contribution < -0.4 is 0 Å². The van der Waals surface area contributed by atoms with Crippen LogP contribution in [0.5, 0.6) is 0 Å². The van der Waals surface area contributed by atoms with Gasteiger partial charge in [0.2, 0.25) is 0 Å². The molecule has 8 atom stereocenters. The smallest absolute Gasteiger partial charge is 0.182 e. The predicted octanol–water partition coefficient (Wildman–Crippen LogP) is 4.32. The number of benzene rings is 1. The minimum Gasteiger partial charge on any atom is -0.338 e. The highest BCUT2D eigenvalue weighted by molar-refractivity contribution is 5.94. The Labute approximate surface area is 187 Å². The highest BCUT2D eigenvalue weighted by Crippen LogP contribution is 2.63. The molecule has 2 aliphatic carbocycles. The van der Waals surface area contributed by atoms with Crippen LogP contribution in [-0.2, 0) is 28.5 Å². The van der Waals surface area contributed by atoms with E-state index in [-0.39, 0.29) is 23.8 Å². The number of carbonyl (C=O) groups is 2. The maximum absolute atomic E-state index is 13.2. The number of Topliss-reactive ketones (excluding diaryl/α,β-unsaturated/α-hetero) is 2. The van der Waals surface area contributed by atoms with Crippen molar-refractivity contribution >= 4 is 11.6 Å². The van der Waals surface area contributed by atoms with E-state index in [2.05, 4.69) is 0 Å². The fourth-order valence-electron chi connectivity index (χ4n) is 7.48. The van der Waals surface area contributed by atoms with Crippen molar-refractivity contribution in [3.8, 4) is 0 Å². The fourth-order valence-corrected chi connectivity index (χ4v) is 7.48. The first kappa shape index (κ1) is 19.8. The molecule has 2 saturated carbocycles.